The summed E-state index contributed by atoms with van der Waals surface area (Å²) in [5.74, 6) is 1.98. The zero-order valence-electron chi connectivity index (χ0n) is 21.8. The monoisotopic (exact) mass is 511 g/mol. The van der Waals surface area contributed by atoms with Crippen LogP contribution in [0.1, 0.15) is 0 Å². The molecular formula is C37H25N3. The Balaban J connectivity index is 1.38. The summed E-state index contributed by atoms with van der Waals surface area (Å²) < 4.78 is 0. The Morgan fingerprint density at radius 2 is 0.800 bits per heavy atom. The molecule has 1 aromatic heterocycles. The lowest BCUT2D eigenvalue weighted by Gasteiger charge is -2.12. The molecule has 0 atom stereocenters. The molecule has 0 saturated heterocycles. The van der Waals surface area contributed by atoms with Crippen LogP contribution in [0.4, 0.5) is 0 Å². The van der Waals surface area contributed by atoms with E-state index in [1.165, 1.54) is 27.6 Å². The van der Waals surface area contributed by atoms with Gasteiger partial charge >= 0.3 is 0 Å². The Bertz CT molecular complexity index is 1870. The third-order valence-corrected chi connectivity index (χ3v) is 7.12. The van der Waals surface area contributed by atoms with Crippen molar-refractivity contribution in [2.24, 2.45) is 0 Å². The van der Waals surface area contributed by atoms with Gasteiger partial charge in [-0.1, -0.05) is 140 Å². The first-order valence-corrected chi connectivity index (χ1v) is 13.4. The van der Waals surface area contributed by atoms with Crippen molar-refractivity contribution in [2.75, 3.05) is 0 Å². The van der Waals surface area contributed by atoms with Crippen LogP contribution in [0.15, 0.2) is 152 Å². The van der Waals surface area contributed by atoms with E-state index in [1.54, 1.807) is 0 Å². The number of rotatable bonds is 5. The summed E-state index contributed by atoms with van der Waals surface area (Å²) in [5, 5.41) is 2.33. The molecule has 0 unspecified atom stereocenters. The van der Waals surface area contributed by atoms with Crippen molar-refractivity contribution in [1.82, 2.24) is 15.0 Å². The van der Waals surface area contributed by atoms with E-state index >= 15 is 0 Å². The van der Waals surface area contributed by atoms with Gasteiger partial charge in [-0.25, -0.2) is 15.0 Å². The van der Waals surface area contributed by atoms with Crippen LogP contribution >= 0.6 is 0 Å². The van der Waals surface area contributed by atoms with E-state index in [1.807, 2.05) is 66.7 Å². The molecule has 1 heterocycles. The molecule has 0 N–H and O–H groups in total. The largest absolute Gasteiger partial charge is 0.208 e. The van der Waals surface area contributed by atoms with Crippen molar-refractivity contribution in [3.63, 3.8) is 0 Å². The Kier molecular flexibility index (Phi) is 6.15. The van der Waals surface area contributed by atoms with Crippen LogP contribution in [0.25, 0.3) is 67.2 Å². The Morgan fingerprint density at radius 3 is 1.43 bits per heavy atom. The van der Waals surface area contributed by atoms with E-state index in [2.05, 4.69) is 84.9 Å². The molecule has 0 aliphatic heterocycles. The van der Waals surface area contributed by atoms with Gasteiger partial charge in [0.1, 0.15) is 0 Å². The molecule has 40 heavy (non-hydrogen) atoms. The normalized spacial score (nSPS) is 11.0. The van der Waals surface area contributed by atoms with Crippen LogP contribution < -0.4 is 0 Å². The van der Waals surface area contributed by atoms with Crippen molar-refractivity contribution in [3.8, 4) is 56.4 Å². The van der Waals surface area contributed by atoms with Gasteiger partial charge in [0.25, 0.3) is 0 Å². The quantitative estimate of drug-likeness (QED) is 0.231. The second kappa shape index (κ2) is 10.4. The number of aromatic nitrogens is 3. The zero-order chi connectivity index (χ0) is 26.7. The highest BCUT2D eigenvalue weighted by atomic mass is 15.0. The summed E-state index contributed by atoms with van der Waals surface area (Å²) >= 11 is 0. The summed E-state index contributed by atoms with van der Waals surface area (Å²) in [4.78, 5) is 14.7. The van der Waals surface area contributed by atoms with Crippen LogP contribution in [-0.2, 0) is 0 Å². The number of hydrogen-bond donors (Lipinski definition) is 0. The van der Waals surface area contributed by atoms with E-state index in [9.17, 15) is 0 Å². The summed E-state index contributed by atoms with van der Waals surface area (Å²) in [6.45, 7) is 0. The Morgan fingerprint density at radius 1 is 0.300 bits per heavy atom. The minimum absolute atomic E-state index is 0.655. The van der Waals surface area contributed by atoms with Gasteiger partial charge < -0.3 is 0 Å². The lowest BCUT2D eigenvalue weighted by molar-refractivity contribution is 1.07. The summed E-state index contributed by atoms with van der Waals surface area (Å²) in [6, 6.07) is 52.3. The van der Waals surface area contributed by atoms with Gasteiger partial charge in [0.2, 0.25) is 0 Å². The smallest absolute Gasteiger partial charge is 0.164 e. The van der Waals surface area contributed by atoms with Crippen molar-refractivity contribution < 1.29 is 0 Å². The molecule has 6 aromatic carbocycles. The number of nitrogens with zero attached hydrogens (tertiary/aromatic N) is 3. The minimum Gasteiger partial charge on any atom is -0.208 e. The molecule has 0 aliphatic rings. The Labute approximate surface area is 233 Å². The van der Waals surface area contributed by atoms with Gasteiger partial charge in [-0.3, -0.25) is 0 Å². The molecule has 0 radical (unpaired) electrons. The average molecular weight is 512 g/mol. The van der Waals surface area contributed by atoms with Crippen LogP contribution in [0, 0.1) is 0 Å². The molecule has 7 rings (SSSR count). The fraction of sp³-hybridized carbons (Fsp3) is 0. The molecule has 3 heteroatoms. The van der Waals surface area contributed by atoms with Gasteiger partial charge in [-0.15, -0.1) is 0 Å². The molecule has 0 bridgehead atoms. The van der Waals surface area contributed by atoms with Crippen LogP contribution in [0.2, 0.25) is 0 Å². The molecule has 0 spiro atoms. The van der Waals surface area contributed by atoms with Crippen molar-refractivity contribution in [1.29, 1.82) is 0 Å². The first kappa shape index (κ1) is 23.7. The second-order valence-electron chi connectivity index (χ2n) is 9.73. The lowest BCUT2D eigenvalue weighted by Crippen LogP contribution is -2.00. The number of hydrogen-bond acceptors (Lipinski definition) is 3. The van der Waals surface area contributed by atoms with Gasteiger partial charge in [-0.2, -0.15) is 0 Å². The van der Waals surface area contributed by atoms with Crippen molar-refractivity contribution in [2.45, 2.75) is 0 Å². The van der Waals surface area contributed by atoms with Gasteiger partial charge in [-0.05, 0) is 45.2 Å². The molecule has 3 nitrogen and oxygen atoms in total. The first-order chi connectivity index (χ1) is 19.8. The maximum Gasteiger partial charge on any atom is 0.164 e. The van der Waals surface area contributed by atoms with Crippen LogP contribution in [-0.4, -0.2) is 15.0 Å². The summed E-state index contributed by atoms with van der Waals surface area (Å²) in [6.07, 6.45) is 0. The fourth-order valence-electron chi connectivity index (χ4n) is 5.10. The summed E-state index contributed by atoms with van der Waals surface area (Å²) in [5.41, 5.74) is 7.63. The highest BCUT2D eigenvalue weighted by molar-refractivity contribution is 5.99. The SMILES string of the molecule is c1ccc(-c2cccc(-c3cccc4ccc(-c5nc(-c6ccccc6)nc(-c6ccccc6)n5)cc34)c2)cc1. The minimum atomic E-state index is 0.655. The maximum absolute atomic E-state index is 4.94. The van der Waals surface area contributed by atoms with Crippen LogP contribution in [0.3, 0.4) is 0 Å². The fourth-order valence-corrected chi connectivity index (χ4v) is 5.10. The van der Waals surface area contributed by atoms with Gasteiger partial charge in [0.05, 0.1) is 0 Å². The number of benzene rings is 6. The average Bonchev–Trinajstić information content (AvgIpc) is 3.05. The third kappa shape index (κ3) is 4.65. The van der Waals surface area contributed by atoms with E-state index < -0.39 is 0 Å². The van der Waals surface area contributed by atoms with E-state index in [-0.39, 0.29) is 0 Å². The molecule has 7 aromatic rings. The molecule has 0 aliphatic carbocycles. The summed E-state index contributed by atoms with van der Waals surface area (Å²) in [7, 11) is 0. The highest BCUT2D eigenvalue weighted by Crippen LogP contribution is 2.34. The van der Waals surface area contributed by atoms with Crippen molar-refractivity contribution >= 4 is 10.8 Å². The third-order valence-electron chi connectivity index (χ3n) is 7.12. The van der Waals surface area contributed by atoms with Gasteiger partial charge in [0.15, 0.2) is 17.5 Å². The standard InChI is InChI=1S/C37H25N3/c1-4-12-26(13-5-1)30-19-10-20-31(24-30)33-21-11-18-27-22-23-32(25-34(27)33)37-39-35(28-14-6-2-7-15-28)38-36(40-37)29-16-8-3-9-17-29/h1-25H. The zero-order valence-corrected chi connectivity index (χ0v) is 21.8. The molecular weight excluding hydrogens is 486 g/mol. The van der Waals surface area contributed by atoms with Gasteiger partial charge in [0, 0.05) is 16.7 Å². The molecule has 188 valence electrons. The predicted octanol–water partition coefficient (Wildman–Crippen LogP) is 9.36. The molecule has 0 amide bonds. The second-order valence-corrected chi connectivity index (χ2v) is 9.73. The van der Waals surface area contributed by atoms with E-state index in [4.69, 9.17) is 15.0 Å². The lowest BCUT2D eigenvalue weighted by atomic mass is 9.94. The molecule has 0 saturated carbocycles. The van der Waals surface area contributed by atoms with Crippen LogP contribution in [0.5, 0.6) is 0 Å². The van der Waals surface area contributed by atoms with E-state index in [0.29, 0.717) is 17.5 Å². The Hall–Kier alpha value is -5.41. The number of fused-ring (bicyclic) bond motifs is 1. The highest BCUT2D eigenvalue weighted by Gasteiger charge is 2.14. The van der Waals surface area contributed by atoms with Crippen molar-refractivity contribution in [3.05, 3.63) is 152 Å². The maximum atomic E-state index is 4.94. The first-order valence-electron chi connectivity index (χ1n) is 13.4. The predicted molar refractivity (Wildman–Crippen MR) is 165 cm³/mol. The topological polar surface area (TPSA) is 38.7 Å². The molecule has 0 fully saturated rings. The van der Waals surface area contributed by atoms with E-state index in [0.717, 1.165) is 22.1 Å².